The number of phenols is 1. The zero-order chi connectivity index (χ0) is 9.84. The van der Waals surface area contributed by atoms with Crippen molar-refractivity contribution in [3.8, 4) is 5.75 Å². The first-order valence-corrected chi connectivity index (χ1v) is 3.80. The van der Waals surface area contributed by atoms with Gasteiger partial charge < -0.3 is 10.2 Å². The SMILES string of the molecule is CC(=Cc1ccc(O)cc1)C(=O)O.[LiH]. The Morgan fingerprint density at radius 2 is 1.79 bits per heavy atom. The number of carboxylic acid groups (broad SMARTS) is 1. The second kappa shape index (κ2) is 5.54. The summed E-state index contributed by atoms with van der Waals surface area (Å²) >= 11 is 0. The van der Waals surface area contributed by atoms with Gasteiger partial charge in [0.1, 0.15) is 5.75 Å². The van der Waals surface area contributed by atoms with E-state index in [1.165, 1.54) is 19.1 Å². The molecular formula is C10H11LiO3. The van der Waals surface area contributed by atoms with Crippen LogP contribution in [-0.2, 0) is 4.79 Å². The Morgan fingerprint density at radius 1 is 1.29 bits per heavy atom. The first-order chi connectivity index (χ1) is 6.09. The van der Waals surface area contributed by atoms with E-state index in [0.29, 0.717) is 0 Å². The third-order valence-corrected chi connectivity index (χ3v) is 1.61. The first kappa shape index (κ1) is 12.8. The molecule has 0 heterocycles. The van der Waals surface area contributed by atoms with Gasteiger partial charge in [-0.3, -0.25) is 0 Å². The average molecular weight is 186 g/mol. The number of phenolic OH excluding ortho intramolecular Hbond substituents is 1. The number of hydrogen-bond donors (Lipinski definition) is 2. The molecule has 14 heavy (non-hydrogen) atoms. The standard InChI is InChI=1S/C10H10O3.Li.H/c1-7(10(12)13)6-8-2-4-9(11)5-3-8;;/h2-6,11H,1H3,(H,12,13);;. The van der Waals surface area contributed by atoms with E-state index in [0.717, 1.165) is 5.56 Å². The third-order valence-electron chi connectivity index (χ3n) is 1.61. The first-order valence-electron chi connectivity index (χ1n) is 3.80. The minimum absolute atomic E-state index is 0. The van der Waals surface area contributed by atoms with Gasteiger partial charge in [0.25, 0.3) is 0 Å². The van der Waals surface area contributed by atoms with Crippen LogP contribution >= 0.6 is 0 Å². The molecule has 0 bridgehead atoms. The van der Waals surface area contributed by atoms with Gasteiger partial charge in [-0.2, -0.15) is 0 Å². The summed E-state index contributed by atoms with van der Waals surface area (Å²) in [6, 6.07) is 6.34. The molecule has 0 spiro atoms. The number of aliphatic carboxylic acids is 1. The van der Waals surface area contributed by atoms with E-state index in [1.807, 2.05) is 0 Å². The van der Waals surface area contributed by atoms with Crippen LogP contribution in [0, 0.1) is 0 Å². The van der Waals surface area contributed by atoms with Crippen LogP contribution in [0.5, 0.6) is 5.75 Å². The van der Waals surface area contributed by atoms with Gasteiger partial charge in [-0.1, -0.05) is 12.1 Å². The van der Waals surface area contributed by atoms with Crippen LogP contribution in [0.1, 0.15) is 12.5 Å². The van der Waals surface area contributed by atoms with Crippen LogP contribution in [0.4, 0.5) is 0 Å². The molecule has 0 aromatic heterocycles. The van der Waals surface area contributed by atoms with Crippen LogP contribution in [0.25, 0.3) is 6.08 Å². The molecule has 0 aliphatic heterocycles. The van der Waals surface area contributed by atoms with Crippen LogP contribution in [-0.4, -0.2) is 35.0 Å². The summed E-state index contributed by atoms with van der Waals surface area (Å²) in [4.78, 5) is 10.5. The zero-order valence-corrected chi connectivity index (χ0v) is 7.19. The molecule has 1 aromatic rings. The molecule has 0 fully saturated rings. The number of benzene rings is 1. The molecule has 1 aromatic carbocycles. The second-order valence-electron chi connectivity index (χ2n) is 2.72. The summed E-state index contributed by atoms with van der Waals surface area (Å²) in [5.74, 6) is -0.766. The van der Waals surface area contributed by atoms with Gasteiger partial charge in [0.05, 0.1) is 0 Å². The summed E-state index contributed by atoms with van der Waals surface area (Å²) in [6.07, 6.45) is 1.54. The topological polar surface area (TPSA) is 57.5 Å². The van der Waals surface area contributed by atoms with E-state index in [1.54, 1.807) is 18.2 Å². The van der Waals surface area contributed by atoms with Crippen molar-refractivity contribution in [1.82, 2.24) is 0 Å². The Morgan fingerprint density at radius 3 is 2.21 bits per heavy atom. The van der Waals surface area contributed by atoms with Gasteiger partial charge in [-0.25, -0.2) is 4.79 Å². The zero-order valence-electron chi connectivity index (χ0n) is 7.19. The van der Waals surface area contributed by atoms with Crippen molar-refractivity contribution in [1.29, 1.82) is 0 Å². The van der Waals surface area contributed by atoms with Gasteiger partial charge >= 0.3 is 24.8 Å². The predicted octanol–water partition coefficient (Wildman–Crippen LogP) is 1.23. The van der Waals surface area contributed by atoms with Crippen LogP contribution < -0.4 is 0 Å². The molecule has 0 saturated carbocycles. The molecular weight excluding hydrogens is 175 g/mol. The Labute approximate surface area is 94.2 Å². The minimum atomic E-state index is -0.937. The fourth-order valence-electron chi connectivity index (χ4n) is 0.882. The van der Waals surface area contributed by atoms with Crippen molar-refractivity contribution < 1.29 is 15.0 Å². The Hall–Kier alpha value is -1.17. The third kappa shape index (κ3) is 3.69. The van der Waals surface area contributed by atoms with Crippen molar-refractivity contribution in [3.05, 3.63) is 35.4 Å². The Bertz CT molecular complexity index is 341. The summed E-state index contributed by atoms with van der Waals surface area (Å²) < 4.78 is 0. The molecule has 70 valence electrons. The number of carboxylic acids is 1. The van der Waals surface area contributed by atoms with Gasteiger partial charge in [0.15, 0.2) is 0 Å². The second-order valence-corrected chi connectivity index (χ2v) is 2.72. The number of hydrogen-bond acceptors (Lipinski definition) is 2. The molecule has 2 N–H and O–H groups in total. The average Bonchev–Trinajstić information content (AvgIpc) is 2.08. The van der Waals surface area contributed by atoms with E-state index in [-0.39, 0.29) is 30.2 Å². The van der Waals surface area contributed by atoms with E-state index < -0.39 is 5.97 Å². The van der Waals surface area contributed by atoms with Crippen molar-refractivity contribution in [2.24, 2.45) is 0 Å². The van der Waals surface area contributed by atoms with E-state index in [2.05, 4.69) is 0 Å². The molecule has 1 rings (SSSR count). The molecule has 0 radical (unpaired) electrons. The quantitative estimate of drug-likeness (QED) is 0.539. The van der Waals surface area contributed by atoms with Crippen LogP contribution in [0.3, 0.4) is 0 Å². The van der Waals surface area contributed by atoms with Crippen molar-refractivity contribution in [2.75, 3.05) is 0 Å². The molecule has 0 aliphatic carbocycles. The fraction of sp³-hybridized carbons (Fsp3) is 0.100. The van der Waals surface area contributed by atoms with E-state index in [9.17, 15) is 4.79 Å². The Kier molecular flexibility index (Phi) is 5.07. The molecule has 3 nitrogen and oxygen atoms in total. The maximum absolute atomic E-state index is 10.5. The van der Waals surface area contributed by atoms with Crippen molar-refractivity contribution >= 4 is 30.9 Å². The van der Waals surface area contributed by atoms with E-state index in [4.69, 9.17) is 10.2 Å². The molecule has 4 heteroatoms. The normalized spacial score (nSPS) is 10.5. The van der Waals surface area contributed by atoms with Gasteiger partial charge in [-0.05, 0) is 30.7 Å². The van der Waals surface area contributed by atoms with Gasteiger partial charge in [0, 0.05) is 5.57 Å². The molecule has 0 unspecified atom stereocenters. The molecule has 0 aliphatic rings. The van der Waals surface area contributed by atoms with Crippen molar-refractivity contribution in [2.45, 2.75) is 6.92 Å². The Balaban J connectivity index is 0.00000169. The van der Waals surface area contributed by atoms with Crippen molar-refractivity contribution in [3.63, 3.8) is 0 Å². The maximum atomic E-state index is 10.5. The van der Waals surface area contributed by atoms with Crippen LogP contribution in [0.15, 0.2) is 29.8 Å². The molecule has 0 saturated heterocycles. The number of carbonyl (C=O) groups is 1. The summed E-state index contributed by atoms with van der Waals surface area (Å²) in [5.41, 5.74) is 1.03. The number of rotatable bonds is 2. The van der Waals surface area contributed by atoms with Gasteiger partial charge in [-0.15, -0.1) is 0 Å². The van der Waals surface area contributed by atoms with E-state index >= 15 is 0 Å². The summed E-state index contributed by atoms with van der Waals surface area (Å²) in [5, 5.41) is 17.5. The summed E-state index contributed by atoms with van der Waals surface area (Å²) in [7, 11) is 0. The molecule has 0 amide bonds. The van der Waals surface area contributed by atoms with Gasteiger partial charge in [0.2, 0.25) is 0 Å². The molecule has 0 atom stereocenters. The predicted molar refractivity (Wildman–Crippen MR) is 56.5 cm³/mol. The monoisotopic (exact) mass is 186 g/mol. The number of aromatic hydroxyl groups is 1. The summed E-state index contributed by atoms with van der Waals surface area (Å²) in [6.45, 7) is 1.52. The van der Waals surface area contributed by atoms with Crippen LogP contribution in [0.2, 0.25) is 0 Å². The fourth-order valence-corrected chi connectivity index (χ4v) is 0.882.